The van der Waals surface area contributed by atoms with Crippen molar-refractivity contribution in [2.24, 2.45) is 0 Å². The normalized spacial score (nSPS) is 10.9. The number of nitrogens with one attached hydrogen (secondary N) is 2. The summed E-state index contributed by atoms with van der Waals surface area (Å²) >= 11 is 0. The van der Waals surface area contributed by atoms with E-state index < -0.39 is 0 Å². The molecule has 0 heterocycles. The molecule has 2 amide bonds. The number of carbonyl (C=O) groups excluding carboxylic acids is 2. The Kier molecular flexibility index (Phi) is 8.95. The fourth-order valence-corrected chi connectivity index (χ4v) is 3.63. The molecule has 2 N–H and O–H groups in total. The molecule has 0 bridgehead atoms. The molecule has 0 aromatic heterocycles. The molecule has 0 aliphatic heterocycles. The molecule has 0 spiro atoms. The highest BCUT2D eigenvalue weighted by Crippen LogP contribution is 2.28. The minimum Gasteiger partial charge on any atom is -0.493 e. The third kappa shape index (κ3) is 7.25. The van der Waals surface area contributed by atoms with Crippen molar-refractivity contribution >= 4 is 17.5 Å². The predicted molar refractivity (Wildman–Crippen MR) is 141 cm³/mol. The summed E-state index contributed by atoms with van der Waals surface area (Å²) in [5.74, 6) is 1.28. The van der Waals surface area contributed by atoms with Gasteiger partial charge >= 0.3 is 0 Å². The van der Waals surface area contributed by atoms with Crippen LogP contribution in [0.3, 0.4) is 0 Å². The van der Waals surface area contributed by atoms with Crippen molar-refractivity contribution in [2.75, 3.05) is 32.7 Å². The van der Waals surface area contributed by atoms with Gasteiger partial charge in [0.25, 0.3) is 11.8 Å². The number of benzene rings is 3. The monoisotopic (exact) mass is 490 g/mol. The van der Waals surface area contributed by atoms with Crippen LogP contribution in [0.25, 0.3) is 0 Å². The first-order valence-electron chi connectivity index (χ1n) is 11.8. The van der Waals surface area contributed by atoms with Crippen LogP contribution in [0, 0.1) is 0 Å². The number of ether oxygens (including phenoxy) is 3. The summed E-state index contributed by atoms with van der Waals surface area (Å²) in [6.07, 6.45) is 0.614. The Hall–Kier alpha value is -4.00. The van der Waals surface area contributed by atoms with Crippen LogP contribution >= 0.6 is 0 Å². The molecule has 0 saturated heterocycles. The molecule has 3 aromatic rings. The standard InChI is InChI=1S/C29H34N2O5/c1-29(2,3)21-11-13-22(14-12-21)36-19-27(32)31-24-9-7-6-8-23(24)28(33)30-17-16-20-10-15-25(34-4)26(18-20)35-5/h6-15,18H,16-17,19H2,1-5H3,(H,30,33)(H,31,32). The molecule has 0 aliphatic rings. The van der Waals surface area contributed by atoms with Crippen molar-refractivity contribution < 1.29 is 23.8 Å². The molecule has 7 nitrogen and oxygen atoms in total. The Morgan fingerprint density at radius 3 is 2.22 bits per heavy atom. The van der Waals surface area contributed by atoms with Gasteiger partial charge in [-0.1, -0.05) is 51.1 Å². The maximum atomic E-state index is 12.8. The molecule has 0 saturated carbocycles. The number of anilines is 1. The van der Waals surface area contributed by atoms with Gasteiger partial charge in [0.1, 0.15) is 5.75 Å². The number of amides is 2. The zero-order valence-corrected chi connectivity index (χ0v) is 21.5. The molecule has 190 valence electrons. The van der Waals surface area contributed by atoms with Gasteiger partial charge in [0, 0.05) is 6.54 Å². The lowest BCUT2D eigenvalue weighted by Crippen LogP contribution is -2.28. The minimum atomic E-state index is -0.347. The molecule has 0 fully saturated rings. The van der Waals surface area contributed by atoms with Gasteiger partial charge in [-0.3, -0.25) is 9.59 Å². The second-order valence-electron chi connectivity index (χ2n) is 9.35. The Labute approximate surface area is 212 Å². The van der Waals surface area contributed by atoms with E-state index in [1.165, 1.54) is 5.56 Å². The van der Waals surface area contributed by atoms with E-state index in [4.69, 9.17) is 14.2 Å². The molecule has 0 unspecified atom stereocenters. The largest absolute Gasteiger partial charge is 0.493 e. The molecule has 3 rings (SSSR count). The zero-order valence-electron chi connectivity index (χ0n) is 21.5. The predicted octanol–water partition coefficient (Wildman–Crippen LogP) is 4.99. The maximum Gasteiger partial charge on any atom is 0.262 e. The highest BCUT2D eigenvalue weighted by atomic mass is 16.5. The van der Waals surface area contributed by atoms with Gasteiger partial charge in [-0.05, 0) is 59.4 Å². The van der Waals surface area contributed by atoms with Crippen LogP contribution in [0.1, 0.15) is 42.3 Å². The van der Waals surface area contributed by atoms with Gasteiger partial charge in [-0.2, -0.15) is 0 Å². The summed E-state index contributed by atoms with van der Waals surface area (Å²) in [4.78, 5) is 25.3. The first-order valence-corrected chi connectivity index (χ1v) is 11.8. The third-order valence-electron chi connectivity index (χ3n) is 5.68. The van der Waals surface area contributed by atoms with E-state index >= 15 is 0 Å². The summed E-state index contributed by atoms with van der Waals surface area (Å²) in [5, 5.41) is 5.69. The third-order valence-corrected chi connectivity index (χ3v) is 5.68. The van der Waals surface area contributed by atoms with Crippen molar-refractivity contribution in [1.82, 2.24) is 5.32 Å². The topological polar surface area (TPSA) is 85.9 Å². The SMILES string of the molecule is COc1ccc(CCNC(=O)c2ccccc2NC(=O)COc2ccc(C(C)(C)C)cc2)cc1OC. The van der Waals surface area contributed by atoms with E-state index in [0.717, 1.165) is 5.56 Å². The maximum absolute atomic E-state index is 12.8. The average molecular weight is 491 g/mol. The smallest absolute Gasteiger partial charge is 0.262 e. The van der Waals surface area contributed by atoms with Crippen LogP contribution < -0.4 is 24.8 Å². The molecular weight excluding hydrogens is 456 g/mol. The second-order valence-corrected chi connectivity index (χ2v) is 9.35. The lowest BCUT2D eigenvalue weighted by Gasteiger charge is -2.19. The van der Waals surface area contributed by atoms with Crippen molar-refractivity contribution in [1.29, 1.82) is 0 Å². The lowest BCUT2D eigenvalue weighted by atomic mass is 9.87. The van der Waals surface area contributed by atoms with Crippen LogP contribution in [-0.4, -0.2) is 39.2 Å². The van der Waals surface area contributed by atoms with E-state index in [-0.39, 0.29) is 23.8 Å². The first kappa shape index (κ1) is 26.6. The van der Waals surface area contributed by atoms with E-state index in [1.807, 2.05) is 42.5 Å². The average Bonchev–Trinajstić information content (AvgIpc) is 2.87. The van der Waals surface area contributed by atoms with E-state index in [1.54, 1.807) is 38.5 Å². The van der Waals surface area contributed by atoms with E-state index in [0.29, 0.717) is 41.5 Å². The lowest BCUT2D eigenvalue weighted by molar-refractivity contribution is -0.118. The first-order chi connectivity index (χ1) is 17.2. The van der Waals surface area contributed by atoms with E-state index in [2.05, 4.69) is 31.4 Å². The van der Waals surface area contributed by atoms with Crippen LogP contribution in [0.4, 0.5) is 5.69 Å². The highest BCUT2D eigenvalue weighted by Gasteiger charge is 2.15. The Bertz CT molecular complexity index is 1180. The highest BCUT2D eigenvalue weighted by molar-refractivity contribution is 6.04. The summed E-state index contributed by atoms with van der Waals surface area (Å²) in [6.45, 7) is 6.68. The summed E-state index contributed by atoms with van der Waals surface area (Å²) < 4.78 is 16.2. The number of hydrogen-bond acceptors (Lipinski definition) is 5. The Morgan fingerprint density at radius 2 is 1.56 bits per heavy atom. The number of hydrogen-bond donors (Lipinski definition) is 2. The van der Waals surface area contributed by atoms with Crippen LogP contribution in [0.5, 0.6) is 17.2 Å². The fraction of sp³-hybridized carbons (Fsp3) is 0.310. The second kappa shape index (κ2) is 12.1. The van der Waals surface area contributed by atoms with Crippen LogP contribution in [0.15, 0.2) is 66.7 Å². The number of methoxy groups -OCH3 is 2. The summed E-state index contributed by atoms with van der Waals surface area (Å²) in [7, 11) is 3.17. The molecule has 36 heavy (non-hydrogen) atoms. The number of para-hydroxylation sites is 1. The van der Waals surface area contributed by atoms with Gasteiger partial charge < -0.3 is 24.8 Å². The molecular formula is C29H34N2O5. The summed E-state index contributed by atoms with van der Waals surface area (Å²) in [6, 6.07) is 20.2. The number of carbonyl (C=O) groups is 2. The molecule has 7 heteroatoms. The molecule has 0 atom stereocenters. The molecule has 3 aromatic carbocycles. The van der Waals surface area contributed by atoms with Crippen molar-refractivity contribution in [3.05, 3.63) is 83.4 Å². The van der Waals surface area contributed by atoms with Gasteiger partial charge in [0.05, 0.1) is 25.5 Å². The zero-order chi connectivity index (χ0) is 26.1. The van der Waals surface area contributed by atoms with Crippen molar-refractivity contribution in [3.8, 4) is 17.2 Å². The quantitative estimate of drug-likeness (QED) is 0.418. The van der Waals surface area contributed by atoms with Crippen molar-refractivity contribution in [3.63, 3.8) is 0 Å². The number of rotatable bonds is 10. The van der Waals surface area contributed by atoms with Gasteiger partial charge in [-0.25, -0.2) is 0 Å². The van der Waals surface area contributed by atoms with Crippen LogP contribution in [0.2, 0.25) is 0 Å². The van der Waals surface area contributed by atoms with E-state index in [9.17, 15) is 9.59 Å². The molecule has 0 radical (unpaired) electrons. The Balaban J connectivity index is 1.54. The molecule has 0 aliphatic carbocycles. The minimum absolute atomic E-state index is 0.0433. The van der Waals surface area contributed by atoms with Crippen LogP contribution in [-0.2, 0) is 16.6 Å². The summed E-state index contributed by atoms with van der Waals surface area (Å²) in [5.41, 5.74) is 3.04. The fourth-order valence-electron chi connectivity index (χ4n) is 3.63. The van der Waals surface area contributed by atoms with Gasteiger partial charge in [0.2, 0.25) is 0 Å². The van der Waals surface area contributed by atoms with Gasteiger partial charge in [0.15, 0.2) is 18.1 Å². The van der Waals surface area contributed by atoms with Gasteiger partial charge in [-0.15, -0.1) is 0 Å². The Morgan fingerprint density at radius 1 is 0.861 bits per heavy atom. The van der Waals surface area contributed by atoms with Crippen molar-refractivity contribution in [2.45, 2.75) is 32.6 Å².